The van der Waals surface area contributed by atoms with E-state index in [0.29, 0.717) is 6.42 Å². The van der Waals surface area contributed by atoms with Gasteiger partial charge in [0.1, 0.15) is 5.75 Å². The Hall–Kier alpha value is -1.51. The van der Waals surface area contributed by atoms with Crippen LogP contribution in [0.15, 0.2) is 24.3 Å². The van der Waals surface area contributed by atoms with Crippen molar-refractivity contribution in [1.29, 1.82) is 0 Å². The van der Waals surface area contributed by atoms with Gasteiger partial charge in [-0.1, -0.05) is 32.4 Å². The Morgan fingerprint density at radius 2 is 2.11 bits per heavy atom. The number of amides is 1. The molecule has 0 aliphatic carbocycles. The lowest BCUT2D eigenvalue weighted by atomic mass is 10.1. The quantitative estimate of drug-likeness (QED) is 0.818. The first-order chi connectivity index (χ1) is 9.06. The van der Waals surface area contributed by atoms with E-state index in [4.69, 9.17) is 4.74 Å². The minimum Gasteiger partial charge on any atom is -0.481 e. The fourth-order valence-corrected chi connectivity index (χ4v) is 2.02. The molecule has 0 saturated heterocycles. The number of rotatable bonds is 7. The van der Waals surface area contributed by atoms with Gasteiger partial charge in [0.15, 0.2) is 6.10 Å². The average Bonchev–Trinajstić information content (AvgIpc) is 2.36. The van der Waals surface area contributed by atoms with E-state index in [1.54, 1.807) is 0 Å². The van der Waals surface area contributed by atoms with Crippen LogP contribution in [0.25, 0.3) is 0 Å². The molecule has 1 aromatic rings. The van der Waals surface area contributed by atoms with Crippen molar-refractivity contribution in [2.24, 2.45) is 0 Å². The van der Waals surface area contributed by atoms with Crippen molar-refractivity contribution in [1.82, 2.24) is 5.32 Å². The predicted octanol–water partition coefficient (Wildman–Crippen LogP) is 3.46. The van der Waals surface area contributed by atoms with Gasteiger partial charge < -0.3 is 10.1 Å². The molecule has 19 heavy (non-hydrogen) atoms. The lowest BCUT2D eigenvalue weighted by molar-refractivity contribution is -0.128. The molecule has 0 radical (unpaired) electrons. The molecule has 1 N–H and O–H groups in total. The summed E-state index contributed by atoms with van der Waals surface area (Å²) in [5, 5.41) is 3.00. The Bertz CT molecular complexity index is 403. The van der Waals surface area contributed by atoms with Gasteiger partial charge in [-0.2, -0.15) is 0 Å². The highest BCUT2D eigenvalue weighted by Crippen LogP contribution is 2.15. The molecule has 0 unspecified atom stereocenters. The summed E-state index contributed by atoms with van der Waals surface area (Å²) in [7, 11) is 0. The molecule has 0 aliphatic rings. The maximum Gasteiger partial charge on any atom is 0.261 e. The molecule has 0 saturated carbocycles. The highest BCUT2D eigenvalue weighted by atomic mass is 16.5. The van der Waals surface area contributed by atoms with Crippen LogP contribution in [-0.2, 0) is 4.79 Å². The predicted molar refractivity (Wildman–Crippen MR) is 78.4 cm³/mol. The zero-order valence-electron chi connectivity index (χ0n) is 12.4. The zero-order chi connectivity index (χ0) is 14.3. The van der Waals surface area contributed by atoms with Crippen LogP contribution in [0.3, 0.4) is 0 Å². The number of hydrogen-bond acceptors (Lipinski definition) is 2. The first-order valence-electron chi connectivity index (χ1n) is 7.10. The lowest BCUT2D eigenvalue weighted by Crippen LogP contribution is -2.42. The Labute approximate surface area is 116 Å². The number of nitrogens with one attached hydrogen (secondary N) is 1. The summed E-state index contributed by atoms with van der Waals surface area (Å²) < 4.78 is 5.77. The molecule has 0 bridgehead atoms. The lowest BCUT2D eigenvalue weighted by Gasteiger charge is -2.20. The van der Waals surface area contributed by atoms with Crippen LogP contribution in [0.2, 0.25) is 0 Å². The molecule has 106 valence electrons. The maximum atomic E-state index is 12.1. The van der Waals surface area contributed by atoms with Crippen molar-refractivity contribution < 1.29 is 9.53 Å². The highest BCUT2D eigenvalue weighted by Gasteiger charge is 2.19. The molecule has 1 rings (SSSR count). The molecule has 3 heteroatoms. The topological polar surface area (TPSA) is 38.3 Å². The van der Waals surface area contributed by atoms with Gasteiger partial charge in [-0.3, -0.25) is 4.79 Å². The van der Waals surface area contributed by atoms with Gasteiger partial charge in [-0.05, 0) is 44.4 Å². The van der Waals surface area contributed by atoms with Gasteiger partial charge in [0, 0.05) is 6.04 Å². The van der Waals surface area contributed by atoms with Gasteiger partial charge in [-0.15, -0.1) is 0 Å². The number of benzene rings is 1. The van der Waals surface area contributed by atoms with Crippen LogP contribution in [0.5, 0.6) is 5.75 Å². The van der Waals surface area contributed by atoms with Gasteiger partial charge in [-0.25, -0.2) is 0 Å². The average molecular weight is 263 g/mol. The third kappa shape index (κ3) is 5.33. The largest absolute Gasteiger partial charge is 0.481 e. The third-order valence-corrected chi connectivity index (χ3v) is 3.04. The van der Waals surface area contributed by atoms with E-state index in [1.165, 1.54) is 0 Å². The SMILES string of the molecule is CCC[C@@H](C)NC(=O)[C@@H](CC)Oc1cccc(C)c1. The minimum absolute atomic E-state index is 0.0232. The Morgan fingerprint density at radius 1 is 1.37 bits per heavy atom. The van der Waals surface area contributed by atoms with Gasteiger partial charge in [0.25, 0.3) is 5.91 Å². The molecule has 1 aromatic carbocycles. The third-order valence-electron chi connectivity index (χ3n) is 3.04. The van der Waals surface area contributed by atoms with Crippen LogP contribution in [0.4, 0.5) is 0 Å². The highest BCUT2D eigenvalue weighted by molar-refractivity contribution is 5.81. The van der Waals surface area contributed by atoms with E-state index in [9.17, 15) is 4.79 Å². The van der Waals surface area contributed by atoms with E-state index in [2.05, 4.69) is 12.2 Å². The second kappa shape index (κ2) is 7.82. The van der Waals surface area contributed by atoms with Crippen molar-refractivity contribution in [3.8, 4) is 5.75 Å². The van der Waals surface area contributed by atoms with Crippen molar-refractivity contribution in [3.63, 3.8) is 0 Å². The summed E-state index contributed by atoms with van der Waals surface area (Å²) in [5.41, 5.74) is 1.13. The van der Waals surface area contributed by atoms with Crippen molar-refractivity contribution in [3.05, 3.63) is 29.8 Å². The van der Waals surface area contributed by atoms with Crippen LogP contribution in [-0.4, -0.2) is 18.1 Å². The van der Waals surface area contributed by atoms with Crippen molar-refractivity contribution in [2.75, 3.05) is 0 Å². The van der Waals surface area contributed by atoms with Crippen molar-refractivity contribution in [2.45, 2.75) is 59.1 Å². The molecule has 2 atom stereocenters. The standard InChI is InChI=1S/C16H25NO2/c1-5-8-13(4)17-16(18)15(6-2)19-14-10-7-9-12(3)11-14/h7,9-11,13,15H,5-6,8H2,1-4H3,(H,17,18)/t13-,15-/m1/s1. The van der Waals surface area contributed by atoms with Crippen LogP contribution in [0.1, 0.15) is 45.6 Å². The van der Waals surface area contributed by atoms with Crippen LogP contribution in [0, 0.1) is 6.92 Å². The number of ether oxygens (including phenoxy) is 1. The summed E-state index contributed by atoms with van der Waals surface area (Å²) in [5.74, 6) is 0.732. The van der Waals surface area contributed by atoms with Crippen LogP contribution >= 0.6 is 0 Å². The number of aryl methyl sites for hydroxylation is 1. The molecule has 0 aliphatic heterocycles. The first kappa shape index (κ1) is 15.5. The summed E-state index contributed by atoms with van der Waals surface area (Å²) in [6.45, 7) is 8.12. The number of hydrogen-bond donors (Lipinski definition) is 1. The Morgan fingerprint density at radius 3 is 2.68 bits per heavy atom. The molecule has 0 aromatic heterocycles. The summed E-state index contributed by atoms with van der Waals surface area (Å²) in [6.07, 6.45) is 2.31. The monoisotopic (exact) mass is 263 g/mol. The summed E-state index contributed by atoms with van der Waals surface area (Å²) >= 11 is 0. The number of carbonyl (C=O) groups excluding carboxylic acids is 1. The van der Waals surface area contributed by atoms with Crippen LogP contribution < -0.4 is 10.1 Å². The number of carbonyl (C=O) groups is 1. The van der Waals surface area contributed by atoms with Gasteiger partial charge >= 0.3 is 0 Å². The van der Waals surface area contributed by atoms with E-state index in [1.807, 2.05) is 45.0 Å². The van der Waals surface area contributed by atoms with E-state index >= 15 is 0 Å². The van der Waals surface area contributed by atoms with E-state index < -0.39 is 6.10 Å². The smallest absolute Gasteiger partial charge is 0.261 e. The summed E-state index contributed by atoms with van der Waals surface area (Å²) in [6, 6.07) is 7.99. The fraction of sp³-hybridized carbons (Fsp3) is 0.562. The van der Waals surface area contributed by atoms with Gasteiger partial charge in [0.2, 0.25) is 0 Å². The normalized spacial score (nSPS) is 13.7. The molecule has 0 heterocycles. The van der Waals surface area contributed by atoms with Crippen molar-refractivity contribution >= 4 is 5.91 Å². The summed E-state index contributed by atoms with van der Waals surface area (Å²) in [4.78, 5) is 12.1. The maximum absolute atomic E-state index is 12.1. The second-order valence-electron chi connectivity index (χ2n) is 5.03. The molecular weight excluding hydrogens is 238 g/mol. The first-order valence-corrected chi connectivity index (χ1v) is 7.10. The minimum atomic E-state index is -0.416. The molecule has 0 fully saturated rings. The second-order valence-corrected chi connectivity index (χ2v) is 5.03. The molecule has 1 amide bonds. The molecule has 3 nitrogen and oxygen atoms in total. The molecule has 0 spiro atoms. The Kier molecular flexibility index (Phi) is 6.40. The molecular formula is C16H25NO2. The van der Waals surface area contributed by atoms with E-state index in [-0.39, 0.29) is 11.9 Å². The van der Waals surface area contributed by atoms with Gasteiger partial charge in [0.05, 0.1) is 0 Å². The Balaban J connectivity index is 2.60. The zero-order valence-corrected chi connectivity index (χ0v) is 12.4. The van der Waals surface area contributed by atoms with E-state index in [0.717, 1.165) is 24.2 Å². The fourth-order valence-electron chi connectivity index (χ4n) is 2.02.